The van der Waals surface area contributed by atoms with Crippen molar-refractivity contribution in [1.29, 1.82) is 0 Å². The second-order valence-corrected chi connectivity index (χ2v) is 6.09. The highest BCUT2D eigenvalue weighted by Crippen LogP contribution is 2.17. The molecular weight excluding hydrogens is 234 g/mol. The van der Waals surface area contributed by atoms with Gasteiger partial charge in [0.05, 0.1) is 36.8 Å². The molecule has 1 fully saturated rings. The van der Waals surface area contributed by atoms with E-state index in [1.807, 2.05) is 0 Å². The Morgan fingerprint density at radius 1 is 1.50 bits per heavy atom. The molecule has 0 aliphatic carbocycles. The molecule has 0 saturated carbocycles. The van der Waals surface area contributed by atoms with Gasteiger partial charge in [-0.25, -0.2) is 8.42 Å². The standard InChI is InChI=1S/C9H17NO5S/c1-3-15-9(12)4-10(2)7-5-16(13,14)6-8(7)11/h7-8,11H,3-6H2,1-2H3. The second kappa shape index (κ2) is 5.11. The normalized spacial score (nSPS) is 28.2. The number of ether oxygens (including phenoxy) is 1. The van der Waals surface area contributed by atoms with Gasteiger partial charge in [0.15, 0.2) is 9.84 Å². The zero-order chi connectivity index (χ0) is 12.3. The van der Waals surface area contributed by atoms with Gasteiger partial charge in [0.25, 0.3) is 0 Å². The molecule has 1 saturated heterocycles. The molecule has 1 heterocycles. The number of esters is 1. The summed E-state index contributed by atoms with van der Waals surface area (Å²) >= 11 is 0. The van der Waals surface area contributed by atoms with Gasteiger partial charge in [-0.3, -0.25) is 9.69 Å². The van der Waals surface area contributed by atoms with E-state index in [0.29, 0.717) is 0 Å². The fourth-order valence-electron chi connectivity index (χ4n) is 1.76. The Morgan fingerprint density at radius 3 is 2.56 bits per heavy atom. The quantitative estimate of drug-likeness (QED) is 0.621. The molecule has 0 aromatic rings. The minimum atomic E-state index is -3.18. The van der Waals surface area contributed by atoms with Crippen LogP contribution in [0.2, 0.25) is 0 Å². The van der Waals surface area contributed by atoms with E-state index in [1.54, 1.807) is 14.0 Å². The van der Waals surface area contributed by atoms with E-state index in [1.165, 1.54) is 4.90 Å². The largest absolute Gasteiger partial charge is 0.465 e. The summed E-state index contributed by atoms with van der Waals surface area (Å²) in [5, 5.41) is 9.56. The molecule has 0 bridgehead atoms. The summed E-state index contributed by atoms with van der Waals surface area (Å²) in [6, 6.07) is -0.519. The predicted molar refractivity (Wildman–Crippen MR) is 57.7 cm³/mol. The first-order valence-corrected chi connectivity index (χ1v) is 6.92. The summed E-state index contributed by atoms with van der Waals surface area (Å²) in [4.78, 5) is 12.7. The number of nitrogens with zero attached hydrogens (tertiary/aromatic N) is 1. The average molecular weight is 251 g/mol. The fraction of sp³-hybridized carbons (Fsp3) is 0.889. The number of carbonyl (C=O) groups is 1. The molecule has 0 amide bonds. The van der Waals surface area contributed by atoms with Crippen LogP contribution in [0.1, 0.15) is 6.92 Å². The van der Waals surface area contributed by atoms with E-state index in [-0.39, 0.29) is 24.7 Å². The summed E-state index contributed by atoms with van der Waals surface area (Å²) in [5.41, 5.74) is 0. The molecule has 2 atom stereocenters. The fourth-order valence-corrected chi connectivity index (χ4v) is 3.63. The lowest BCUT2D eigenvalue weighted by Crippen LogP contribution is -2.43. The molecule has 1 aliphatic rings. The van der Waals surface area contributed by atoms with Gasteiger partial charge in [0.1, 0.15) is 0 Å². The van der Waals surface area contributed by atoms with Crippen molar-refractivity contribution in [3.05, 3.63) is 0 Å². The van der Waals surface area contributed by atoms with E-state index >= 15 is 0 Å². The first kappa shape index (κ1) is 13.4. The molecule has 1 N–H and O–H groups in total. The van der Waals surface area contributed by atoms with Crippen LogP contribution in [0.5, 0.6) is 0 Å². The van der Waals surface area contributed by atoms with Gasteiger partial charge in [0, 0.05) is 0 Å². The maximum absolute atomic E-state index is 11.3. The smallest absolute Gasteiger partial charge is 0.320 e. The molecule has 16 heavy (non-hydrogen) atoms. The van der Waals surface area contributed by atoms with Gasteiger partial charge in [-0.1, -0.05) is 0 Å². The zero-order valence-corrected chi connectivity index (χ0v) is 10.2. The van der Waals surface area contributed by atoms with E-state index in [4.69, 9.17) is 4.74 Å². The number of hydrogen-bond acceptors (Lipinski definition) is 6. The SMILES string of the molecule is CCOC(=O)CN(C)C1CS(=O)(=O)CC1O. The predicted octanol–water partition coefficient (Wildman–Crippen LogP) is -1.36. The van der Waals surface area contributed by atoms with Crippen LogP contribution in [0.3, 0.4) is 0 Å². The number of rotatable bonds is 4. The Balaban J connectivity index is 2.55. The number of aliphatic hydroxyl groups excluding tert-OH is 1. The van der Waals surface area contributed by atoms with E-state index < -0.39 is 28.0 Å². The van der Waals surface area contributed by atoms with Crippen molar-refractivity contribution in [3.8, 4) is 0 Å². The Bertz CT molecular complexity index is 353. The van der Waals surface area contributed by atoms with Gasteiger partial charge in [-0.05, 0) is 14.0 Å². The van der Waals surface area contributed by atoms with Crippen molar-refractivity contribution in [2.75, 3.05) is 31.7 Å². The molecule has 1 aliphatic heterocycles. The van der Waals surface area contributed by atoms with Crippen LogP contribution in [-0.2, 0) is 19.4 Å². The van der Waals surface area contributed by atoms with Crippen molar-refractivity contribution in [3.63, 3.8) is 0 Å². The topological polar surface area (TPSA) is 83.9 Å². The highest BCUT2D eigenvalue weighted by atomic mass is 32.2. The van der Waals surface area contributed by atoms with Crippen LogP contribution < -0.4 is 0 Å². The Hall–Kier alpha value is -0.660. The van der Waals surface area contributed by atoms with E-state index in [9.17, 15) is 18.3 Å². The Kier molecular flexibility index (Phi) is 4.28. The van der Waals surface area contributed by atoms with Gasteiger partial charge < -0.3 is 9.84 Å². The van der Waals surface area contributed by atoms with Gasteiger partial charge in [-0.2, -0.15) is 0 Å². The third-order valence-corrected chi connectivity index (χ3v) is 4.24. The lowest BCUT2D eigenvalue weighted by atomic mass is 10.2. The van der Waals surface area contributed by atoms with Crippen LogP contribution in [0.25, 0.3) is 0 Å². The highest BCUT2D eigenvalue weighted by Gasteiger charge is 2.39. The minimum Gasteiger partial charge on any atom is -0.465 e. The molecule has 6 nitrogen and oxygen atoms in total. The van der Waals surface area contributed by atoms with Crippen LogP contribution in [-0.4, -0.2) is 68.2 Å². The molecule has 2 unspecified atom stereocenters. The van der Waals surface area contributed by atoms with Crippen LogP contribution >= 0.6 is 0 Å². The molecule has 0 aromatic carbocycles. The number of carbonyl (C=O) groups excluding carboxylic acids is 1. The van der Waals surface area contributed by atoms with Gasteiger partial charge in [0.2, 0.25) is 0 Å². The molecule has 0 spiro atoms. The maximum Gasteiger partial charge on any atom is 0.320 e. The van der Waals surface area contributed by atoms with Crippen molar-refractivity contribution < 1.29 is 23.1 Å². The van der Waals surface area contributed by atoms with Crippen LogP contribution in [0.15, 0.2) is 0 Å². The summed E-state index contributed by atoms with van der Waals surface area (Å²) in [6.07, 6.45) is -0.926. The second-order valence-electron chi connectivity index (χ2n) is 3.93. The van der Waals surface area contributed by atoms with Gasteiger partial charge in [-0.15, -0.1) is 0 Å². The monoisotopic (exact) mass is 251 g/mol. The highest BCUT2D eigenvalue weighted by molar-refractivity contribution is 7.91. The number of sulfone groups is 1. The number of likely N-dealkylation sites (N-methyl/N-ethyl adjacent to an activating group) is 1. The maximum atomic E-state index is 11.3. The van der Waals surface area contributed by atoms with E-state index in [0.717, 1.165) is 0 Å². The van der Waals surface area contributed by atoms with Crippen molar-refractivity contribution in [2.45, 2.75) is 19.1 Å². The first-order chi connectivity index (χ1) is 7.35. The molecular formula is C9H17NO5S. The third kappa shape index (κ3) is 3.43. The minimum absolute atomic E-state index is 0.00884. The first-order valence-electron chi connectivity index (χ1n) is 5.10. The molecule has 94 valence electrons. The van der Waals surface area contributed by atoms with Crippen LogP contribution in [0.4, 0.5) is 0 Å². The van der Waals surface area contributed by atoms with Gasteiger partial charge >= 0.3 is 5.97 Å². The average Bonchev–Trinajstić information content (AvgIpc) is 2.40. The van der Waals surface area contributed by atoms with E-state index in [2.05, 4.69) is 0 Å². The lowest BCUT2D eigenvalue weighted by molar-refractivity contribution is -0.144. The van der Waals surface area contributed by atoms with Crippen molar-refractivity contribution in [1.82, 2.24) is 4.90 Å². The number of hydrogen-bond donors (Lipinski definition) is 1. The lowest BCUT2D eigenvalue weighted by Gasteiger charge is -2.24. The molecule has 0 aromatic heterocycles. The third-order valence-electron chi connectivity index (χ3n) is 2.54. The van der Waals surface area contributed by atoms with Crippen molar-refractivity contribution in [2.24, 2.45) is 0 Å². The molecule has 7 heteroatoms. The molecule has 0 radical (unpaired) electrons. The zero-order valence-electron chi connectivity index (χ0n) is 9.42. The van der Waals surface area contributed by atoms with Crippen LogP contribution in [0, 0.1) is 0 Å². The number of aliphatic hydroxyl groups is 1. The van der Waals surface area contributed by atoms with Crippen molar-refractivity contribution >= 4 is 15.8 Å². The summed E-state index contributed by atoms with van der Waals surface area (Å²) < 4.78 is 27.3. The summed E-state index contributed by atoms with van der Waals surface area (Å²) in [6.45, 7) is 1.98. The Labute approximate surface area is 95.1 Å². The summed E-state index contributed by atoms with van der Waals surface area (Å²) in [5.74, 6) is -0.754. The summed E-state index contributed by atoms with van der Waals surface area (Å²) in [7, 11) is -1.58. The molecule has 1 rings (SSSR count). The Morgan fingerprint density at radius 2 is 2.12 bits per heavy atom.